The van der Waals surface area contributed by atoms with Crippen molar-refractivity contribution in [2.75, 3.05) is 0 Å². The molecule has 0 aliphatic carbocycles. The zero-order valence-corrected chi connectivity index (χ0v) is 26.2. The molecule has 47 heavy (non-hydrogen) atoms. The zero-order chi connectivity index (χ0) is 30.9. The number of imidazole rings is 1. The Labute approximate surface area is 279 Å². The number of pyridine rings is 1. The Bertz CT molecular complexity index is 2270. The lowest BCUT2D eigenvalue weighted by atomic mass is 9.95. The van der Waals surface area contributed by atoms with E-state index < -0.39 is 0 Å². The van der Waals surface area contributed by atoms with Crippen LogP contribution in [0.5, 0.6) is 5.75 Å². The van der Waals surface area contributed by atoms with Gasteiger partial charge in [0.1, 0.15) is 17.1 Å². The van der Waals surface area contributed by atoms with Crippen LogP contribution in [-0.4, -0.2) is 14.7 Å². The minimum Gasteiger partial charge on any atom is -1.00 e. The molecule has 6 aromatic carbocycles. The average molecular weight is 628 g/mol. The number of aromatic nitrogens is 3. The summed E-state index contributed by atoms with van der Waals surface area (Å²) in [4.78, 5) is 4.94. The van der Waals surface area contributed by atoms with E-state index in [2.05, 4.69) is 143 Å². The van der Waals surface area contributed by atoms with Gasteiger partial charge >= 0.3 is 0 Å². The van der Waals surface area contributed by atoms with Gasteiger partial charge in [0.2, 0.25) is 0 Å². The lowest BCUT2D eigenvalue weighted by Gasteiger charge is -2.13. The van der Waals surface area contributed by atoms with Crippen molar-refractivity contribution in [2.24, 2.45) is 0 Å². The van der Waals surface area contributed by atoms with Gasteiger partial charge < -0.3 is 17.5 Å². The van der Waals surface area contributed by atoms with Crippen molar-refractivity contribution in [3.63, 3.8) is 0 Å². The van der Waals surface area contributed by atoms with Crippen LogP contribution < -0.4 is 17.0 Å². The van der Waals surface area contributed by atoms with Gasteiger partial charge in [0.15, 0.2) is 11.0 Å². The number of phenols is 1. The van der Waals surface area contributed by atoms with Crippen LogP contribution in [0, 0.1) is 0 Å². The molecule has 226 valence electrons. The second-order valence-electron chi connectivity index (χ2n) is 11.3. The number of benzene rings is 6. The summed E-state index contributed by atoms with van der Waals surface area (Å²) in [6.07, 6.45) is 2.20. The summed E-state index contributed by atoms with van der Waals surface area (Å²) >= 11 is 0. The molecule has 5 heteroatoms. The van der Waals surface area contributed by atoms with E-state index >= 15 is 0 Å². The normalized spacial score (nSPS) is 10.9. The smallest absolute Gasteiger partial charge is 0.255 e. The van der Waals surface area contributed by atoms with E-state index in [0.717, 1.165) is 61.6 Å². The number of phenolic OH excluding ortho intramolecular Hbond substituents is 1. The maximum Gasteiger partial charge on any atom is 0.255 e. The first-order chi connectivity index (χ1) is 22.7. The van der Waals surface area contributed by atoms with Crippen LogP contribution >= 0.6 is 0 Å². The SMILES string of the molecule is Oc1ccccc1-c1cccc(-c2cccc(-n3c[n+](-c4c(-c5ccccc5)cccc4-c4ccccc4)c4ccccc43)c2)n1.[Cl-]. The van der Waals surface area contributed by atoms with E-state index in [1.807, 2.05) is 36.4 Å². The Hall–Kier alpha value is -5.97. The van der Waals surface area contributed by atoms with Crippen LogP contribution in [-0.2, 0) is 0 Å². The Morgan fingerprint density at radius 2 is 1.04 bits per heavy atom. The maximum atomic E-state index is 10.5. The third kappa shape index (κ3) is 5.56. The summed E-state index contributed by atoms with van der Waals surface area (Å²) < 4.78 is 4.58. The first-order valence-corrected chi connectivity index (χ1v) is 15.4. The molecule has 1 N–H and O–H groups in total. The lowest BCUT2D eigenvalue weighted by Crippen LogP contribution is -3.00. The molecule has 8 rings (SSSR count). The number of fused-ring (bicyclic) bond motifs is 1. The molecule has 2 aromatic heterocycles. The Morgan fingerprint density at radius 1 is 0.489 bits per heavy atom. The number of hydrogen-bond acceptors (Lipinski definition) is 2. The molecule has 0 atom stereocenters. The molecule has 0 radical (unpaired) electrons. The molecule has 0 unspecified atom stereocenters. The fourth-order valence-electron chi connectivity index (χ4n) is 6.25. The van der Waals surface area contributed by atoms with Crippen molar-refractivity contribution in [3.8, 4) is 61.9 Å². The highest BCUT2D eigenvalue weighted by Crippen LogP contribution is 2.35. The van der Waals surface area contributed by atoms with Gasteiger partial charge in [-0.2, -0.15) is 9.13 Å². The third-order valence-corrected chi connectivity index (χ3v) is 8.43. The molecule has 0 saturated carbocycles. The Kier molecular flexibility index (Phi) is 8.09. The Balaban J connectivity index is 0.00000351. The number of halogens is 1. The summed E-state index contributed by atoms with van der Waals surface area (Å²) in [6, 6.07) is 58.0. The first-order valence-electron chi connectivity index (χ1n) is 15.4. The number of nitrogens with zero attached hydrogens (tertiary/aromatic N) is 3. The van der Waals surface area contributed by atoms with Crippen molar-refractivity contribution in [2.45, 2.75) is 0 Å². The minimum absolute atomic E-state index is 0. The van der Waals surface area contributed by atoms with Gasteiger partial charge in [-0.15, -0.1) is 0 Å². The molecular weight excluding hydrogens is 598 g/mol. The molecule has 0 aliphatic rings. The van der Waals surface area contributed by atoms with Gasteiger partial charge in [0.25, 0.3) is 6.33 Å². The standard InChI is InChI=1S/C42H29N3O.ClH/c46-41-27-10-7-20-36(41)38-24-13-23-37(43-38)32-18-11-19-33(28-32)44-29-45(40-26-9-8-25-39(40)44)42-34(30-14-3-1-4-15-30)21-12-22-35(42)31-16-5-2-6-17-31;/h1-29H;1H. The molecule has 0 fully saturated rings. The quantitative estimate of drug-likeness (QED) is 0.209. The molecule has 0 bridgehead atoms. The van der Waals surface area contributed by atoms with Gasteiger partial charge in [-0.3, -0.25) is 0 Å². The molecule has 8 aromatic rings. The van der Waals surface area contributed by atoms with E-state index in [-0.39, 0.29) is 18.2 Å². The van der Waals surface area contributed by atoms with Gasteiger partial charge in [-0.25, -0.2) is 4.98 Å². The minimum atomic E-state index is 0. The second-order valence-corrected chi connectivity index (χ2v) is 11.3. The van der Waals surface area contributed by atoms with Gasteiger partial charge in [-0.1, -0.05) is 121 Å². The number of para-hydroxylation sites is 4. The molecule has 2 heterocycles. The summed E-state index contributed by atoms with van der Waals surface area (Å²) in [5, 5.41) is 10.5. The summed E-state index contributed by atoms with van der Waals surface area (Å²) in [7, 11) is 0. The zero-order valence-electron chi connectivity index (χ0n) is 25.4. The number of rotatable bonds is 6. The Morgan fingerprint density at radius 3 is 1.77 bits per heavy atom. The highest BCUT2D eigenvalue weighted by molar-refractivity contribution is 5.85. The van der Waals surface area contributed by atoms with Crippen molar-refractivity contribution in [1.82, 2.24) is 9.55 Å². The van der Waals surface area contributed by atoms with E-state index in [4.69, 9.17) is 4.98 Å². The van der Waals surface area contributed by atoms with Gasteiger partial charge in [0, 0.05) is 22.3 Å². The van der Waals surface area contributed by atoms with Crippen molar-refractivity contribution in [3.05, 3.63) is 176 Å². The third-order valence-electron chi connectivity index (χ3n) is 8.43. The van der Waals surface area contributed by atoms with Crippen LogP contribution in [0.4, 0.5) is 0 Å². The summed E-state index contributed by atoms with van der Waals surface area (Å²) in [5.41, 5.74) is 12.3. The van der Waals surface area contributed by atoms with Crippen LogP contribution in [0.15, 0.2) is 176 Å². The largest absolute Gasteiger partial charge is 1.00 e. The number of aromatic hydroxyl groups is 1. The first kappa shape index (κ1) is 29.7. The fraction of sp³-hybridized carbons (Fsp3) is 0. The van der Waals surface area contributed by atoms with E-state index in [9.17, 15) is 5.11 Å². The van der Waals surface area contributed by atoms with Crippen LogP contribution in [0.2, 0.25) is 0 Å². The topological polar surface area (TPSA) is 41.9 Å². The predicted molar refractivity (Wildman–Crippen MR) is 186 cm³/mol. The van der Waals surface area contributed by atoms with E-state index in [1.165, 1.54) is 0 Å². The monoisotopic (exact) mass is 627 g/mol. The summed E-state index contributed by atoms with van der Waals surface area (Å²) in [5.74, 6) is 0.218. The number of hydrogen-bond donors (Lipinski definition) is 1. The van der Waals surface area contributed by atoms with Crippen molar-refractivity contribution < 1.29 is 22.1 Å². The maximum absolute atomic E-state index is 10.5. The van der Waals surface area contributed by atoms with Gasteiger partial charge in [-0.05, 0) is 59.7 Å². The molecule has 0 spiro atoms. The second kappa shape index (κ2) is 12.8. The molecule has 4 nitrogen and oxygen atoms in total. The van der Waals surface area contributed by atoms with E-state index in [0.29, 0.717) is 5.56 Å². The fourth-order valence-corrected chi connectivity index (χ4v) is 6.25. The van der Waals surface area contributed by atoms with Crippen molar-refractivity contribution >= 4 is 11.0 Å². The highest BCUT2D eigenvalue weighted by Gasteiger charge is 2.24. The molecule has 0 saturated heterocycles. The summed E-state index contributed by atoms with van der Waals surface area (Å²) in [6.45, 7) is 0. The lowest BCUT2D eigenvalue weighted by molar-refractivity contribution is -0.566. The molecule has 0 amide bonds. The van der Waals surface area contributed by atoms with Crippen molar-refractivity contribution in [1.29, 1.82) is 0 Å². The van der Waals surface area contributed by atoms with Crippen LogP contribution in [0.25, 0.3) is 67.2 Å². The average Bonchev–Trinajstić information content (AvgIpc) is 3.52. The van der Waals surface area contributed by atoms with Crippen LogP contribution in [0.3, 0.4) is 0 Å². The molecule has 0 aliphatic heterocycles. The van der Waals surface area contributed by atoms with Crippen LogP contribution in [0.1, 0.15) is 0 Å². The highest BCUT2D eigenvalue weighted by atomic mass is 35.5. The van der Waals surface area contributed by atoms with Gasteiger partial charge in [0.05, 0.1) is 11.4 Å². The predicted octanol–water partition coefficient (Wildman–Crippen LogP) is 6.68. The molecular formula is C42H30ClN3O. The van der Waals surface area contributed by atoms with E-state index in [1.54, 1.807) is 6.07 Å².